The molecule has 162 valence electrons. The van der Waals surface area contributed by atoms with E-state index in [-0.39, 0.29) is 0 Å². The Balaban J connectivity index is 1.63. The highest BCUT2D eigenvalue weighted by Crippen LogP contribution is 2.31. The third-order valence-electron chi connectivity index (χ3n) is 5.41. The predicted molar refractivity (Wildman–Crippen MR) is 131 cm³/mol. The van der Waals surface area contributed by atoms with Crippen LogP contribution >= 0.6 is 35.0 Å². The zero-order valence-corrected chi connectivity index (χ0v) is 20.3. The van der Waals surface area contributed by atoms with Gasteiger partial charge in [0, 0.05) is 28.6 Å². The largest absolute Gasteiger partial charge is 0.382 e. The lowest BCUT2D eigenvalue weighted by atomic mass is 10.1. The Morgan fingerprint density at radius 3 is 2.60 bits per heavy atom. The van der Waals surface area contributed by atoms with E-state index < -0.39 is 0 Å². The molecule has 4 nitrogen and oxygen atoms in total. The predicted octanol–water partition coefficient (Wildman–Crippen LogP) is 7.24. The van der Waals surface area contributed by atoms with Gasteiger partial charge in [-0.05, 0) is 62.6 Å². The van der Waals surface area contributed by atoms with Gasteiger partial charge >= 0.3 is 0 Å². The molecule has 3 aromatic rings. The molecule has 1 aromatic carbocycles. The lowest BCUT2D eigenvalue weighted by Crippen LogP contribution is -2.06. The summed E-state index contributed by atoms with van der Waals surface area (Å²) in [6.45, 7) is 7.32. The van der Waals surface area contributed by atoms with Crippen LogP contribution < -0.4 is 5.73 Å². The van der Waals surface area contributed by atoms with Crippen LogP contribution in [-0.4, -0.2) is 20.3 Å². The topological polar surface area (TPSA) is 56.7 Å². The van der Waals surface area contributed by atoms with Crippen LogP contribution in [-0.2, 0) is 13.0 Å². The van der Waals surface area contributed by atoms with Crippen molar-refractivity contribution in [3.05, 3.63) is 45.3 Å². The molecule has 0 unspecified atom stereocenters. The van der Waals surface area contributed by atoms with Crippen molar-refractivity contribution in [2.45, 2.75) is 70.7 Å². The molecule has 0 saturated carbocycles. The summed E-state index contributed by atoms with van der Waals surface area (Å²) in [4.78, 5) is 10.4. The van der Waals surface area contributed by atoms with Gasteiger partial charge in [0.1, 0.15) is 11.3 Å². The third kappa shape index (κ3) is 5.43. The first-order valence-corrected chi connectivity index (χ1v) is 12.4. The number of rotatable bonds is 10. The maximum atomic E-state index is 6.26. The molecule has 30 heavy (non-hydrogen) atoms. The van der Waals surface area contributed by atoms with Crippen molar-refractivity contribution in [1.29, 1.82) is 0 Å². The third-order valence-corrected chi connectivity index (χ3v) is 7.23. The average Bonchev–Trinajstić information content (AvgIpc) is 3.07. The maximum Gasteiger partial charge on any atom is 0.151 e. The van der Waals surface area contributed by atoms with Crippen LogP contribution in [0.4, 0.5) is 5.82 Å². The molecule has 0 fully saturated rings. The van der Waals surface area contributed by atoms with E-state index >= 15 is 0 Å². The molecule has 0 radical (unpaired) electrons. The van der Waals surface area contributed by atoms with Gasteiger partial charge in [-0.2, -0.15) is 0 Å². The fourth-order valence-corrected chi connectivity index (χ4v) is 5.14. The second-order valence-electron chi connectivity index (χ2n) is 7.67. The van der Waals surface area contributed by atoms with Gasteiger partial charge < -0.3 is 10.3 Å². The summed E-state index contributed by atoms with van der Waals surface area (Å²) in [6.07, 6.45) is 6.67. The number of halogens is 2. The van der Waals surface area contributed by atoms with Gasteiger partial charge in [0.25, 0.3) is 0 Å². The summed E-state index contributed by atoms with van der Waals surface area (Å²) >= 11 is 14.0. The van der Waals surface area contributed by atoms with Gasteiger partial charge in [-0.1, -0.05) is 43.0 Å². The molecule has 0 saturated heterocycles. The Kier molecular flexibility index (Phi) is 8.32. The molecule has 0 aliphatic rings. The lowest BCUT2D eigenvalue weighted by Gasteiger charge is -2.12. The van der Waals surface area contributed by atoms with Crippen molar-refractivity contribution < 1.29 is 0 Å². The molecule has 0 atom stereocenters. The number of benzene rings is 1. The van der Waals surface area contributed by atoms with E-state index in [1.165, 1.54) is 5.56 Å². The van der Waals surface area contributed by atoms with Crippen molar-refractivity contribution in [2.75, 3.05) is 11.5 Å². The molecule has 7 heteroatoms. The Bertz CT molecular complexity index is 1020. The summed E-state index contributed by atoms with van der Waals surface area (Å²) in [5.74, 6) is 2.72. The highest BCUT2D eigenvalue weighted by atomic mass is 35.5. The van der Waals surface area contributed by atoms with Crippen LogP contribution in [0.1, 0.15) is 56.1 Å². The SMILES string of the molecule is CCCCc1nc2c(N)nc(C)c(C)c2n1CCCCCSc1ccc(Cl)cc1Cl. The number of pyridine rings is 1. The van der Waals surface area contributed by atoms with Crippen molar-refractivity contribution in [3.63, 3.8) is 0 Å². The number of nitrogen functional groups attached to an aromatic ring is 1. The Labute approximate surface area is 193 Å². The summed E-state index contributed by atoms with van der Waals surface area (Å²) in [6, 6.07) is 5.69. The van der Waals surface area contributed by atoms with Gasteiger partial charge in [-0.15, -0.1) is 11.8 Å². The molecular formula is C23H30Cl2N4S. The summed E-state index contributed by atoms with van der Waals surface area (Å²) in [5, 5.41) is 1.41. The molecule has 2 N–H and O–H groups in total. The molecule has 0 aliphatic heterocycles. The van der Waals surface area contributed by atoms with Crippen molar-refractivity contribution in [2.24, 2.45) is 0 Å². The van der Waals surface area contributed by atoms with Crippen molar-refractivity contribution >= 4 is 51.8 Å². The number of aryl methyl sites for hydroxylation is 4. The van der Waals surface area contributed by atoms with Gasteiger partial charge in [0.05, 0.1) is 10.5 Å². The number of aromatic nitrogens is 3. The minimum Gasteiger partial charge on any atom is -0.382 e. The standard InChI is InChI=1S/C23H30Cl2N4S/c1-4-5-9-20-28-21-22(15(2)16(3)27-23(21)26)29(20)12-7-6-8-13-30-19-11-10-17(24)14-18(19)25/h10-11,14H,4-9,12-13H2,1-3H3,(H2,26,27). The number of hydrogen-bond acceptors (Lipinski definition) is 4. The molecule has 2 aromatic heterocycles. The fraction of sp³-hybridized carbons (Fsp3) is 0.478. The molecule has 0 spiro atoms. The van der Waals surface area contributed by atoms with E-state index in [4.69, 9.17) is 33.9 Å². The molecular weight excluding hydrogens is 435 g/mol. The molecule has 0 bridgehead atoms. The fourth-order valence-electron chi connectivity index (χ4n) is 3.64. The zero-order chi connectivity index (χ0) is 21.7. The highest BCUT2D eigenvalue weighted by Gasteiger charge is 2.17. The van der Waals surface area contributed by atoms with Gasteiger partial charge in [-0.3, -0.25) is 0 Å². The van der Waals surface area contributed by atoms with E-state index in [9.17, 15) is 0 Å². The van der Waals surface area contributed by atoms with E-state index in [1.807, 2.05) is 19.1 Å². The summed E-state index contributed by atoms with van der Waals surface area (Å²) < 4.78 is 2.38. The highest BCUT2D eigenvalue weighted by molar-refractivity contribution is 7.99. The number of fused-ring (bicyclic) bond motifs is 1. The van der Waals surface area contributed by atoms with Crippen molar-refractivity contribution in [3.8, 4) is 0 Å². The summed E-state index contributed by atoms with van der Waals surface area (Å²) in [7, 11) is 0. The number of hydrogen-bond donors (Lipinski definition) is 1. The first kappa shape index (κ1) is 23.2. The van der Waals surface area contributed by atoms with Crippen molar-refractivity contribution in [1.82, 2.24) is 14.5 Å². The number of nitrogens with zero attached hydrogens (tertiary/aromatic N) is 3. The lowest BCUT2D eigenvalue weighted by molar-refractivity contribution is 0.584. The second-order valence-corrected chi connectivity index (χ2v) is 9.65. The van der Waals surface area contributed by atoms with Crippen LogP contribution in [0.5, 0.6) is 0 Å². The van der Waals surface area contributed by atoms with Gasteiger partial charge in [0.15, 0.2) is 5.82 Å². The minimum atomic E-state index is 0.542. The number of nitrogens with two attached hydrogens (primary N) is 1. The minimum absolute atomic E-state index is 0.542. The van der Waals surface area contributed by atoms with Gasteiger partial charge in [0.2, 0.25) is 0 Å². The summed E-state index contributed by atoms with van der Waals surface area (Å²) in [5.41, 5.74) is 10.4. The maximum absolute atomic E-state index is 6.26. The van der Waals surface area contributed by atoms with E-state index in [1.54, 1.807) is 17.8 Å². The Morgan fingerprint density at radius 2 is 1.87 bits per heavy atom. The molecule has 0 amide bonds. The molecule has 2 heterocycles. The monoisotopic (exact) mass is 464 g/mol. The van der Waals surface area contributed by atoms with Crippen LogP contribution in [0.2, 0.25) is 10.0 Å². The normalized spacial score (nSPS) is 11.5. The molecule has 3 rings (SSSR count). The zero-order valence-electron chi connectivity index (χ0n) is 18.0. The van der Waals surface area contributed by atoms with E-state index in [2.05, 4.69) is 23.4 Å². The smallest absolute Gasteiger partial charge is 0.151 e. The first-order chi connectivity index (χ1) is 14.4. The average molecular weight is 465 g/mol. The van der Waals surface area contributed by atoms with Crippen LogP contribution in [0.3, 0.4) is 0 Å². The van der Waals surface area contributed by atoms with E-state index in [0.717, 1.165) is 83.3 Å². The number of thioether (sulfide) groups is 1. The Hall–Kier alpha value is -1.43. The van der Waals surface area contributed by atoms with E-state index in [0.29, 0.717) is 10.8 Å². The van der Waals surface area contributed by atoms with Crippen LogP contribution in [0.25, 0.3) is 11.0 Å². The number of imidazole rings is 1. The Morgan fingerprint density at radius 1 is 1.07 bits per heavy atom. The number of anilines is 1. The quantitative estimate of drug-likeness (QED) is 0.253. The van der Waals surface area contributed by atoms with Crippen LogP contribution in [0, 0.1) is 13.8 Å². The second kappa shape index (κ2) is 10.7. The van der Waals surface area contributed by atoms with Crippen LogP contribution in [0.15, 0.2) is 23.1 Å². The molecule has 0 aliphatic carbocycles. The van der Waals surface area contributed by atoms with Gasteiger partial charge in [-0.25, -0.2) is 9.97 Å². The first-order valence-electron chi connectivity index (χ1n) is 10.6. The number of unbranched alkanes of at least 4 members (excludes halogenated alkanes) is 3.